The number of hydrogen-bond acceptors (Lipinski definition) is 7. The van der Waals surface area contributed by atoms with E-state index < -0.39 is 0 Å². The number of amidine groups is 1. The predicted octanol–water partition coefficient (Wildman–Crippen LogP) is 1.83. The molecule has 8 nitrogen and oxygen atoms in total. The number of allylic oxidation sites excluding steroid dienone is 2. The van der Waals surface area contributed by atoms with Crippen LogP contribution in [0.25, 0.3) is 0 Å². The van der Waals surface area contributed by atoms with Crippen molar-refractivity contribution in [3.63, 3.8) is 0 Å². The normalized spacial score (nSPS) is 24.0. The number of likely N-dealkylation sites (tertiary alicyclic amines) is 1. The number of phenols is 1. The van der Waals surface area contributed by atoms with Gasteiger partial charge in [0.15, 0.2) is 11.6 Å². The molecule has 2 atom stereocenters. The molecule has 1 amide bonds. The lowest BCUT2D eigenvalue weighted by molar-refractivity contribution is 0.0671. The summed E-state index contributed by atoms with van der Waals surface area (Å²) in [5.41, 5.74) is 2.27. The lowest BCUT2D eigenvalue weighted by Crippen LogP contribution is -2.43. The van der Waals surface area contributed by atoms with Gasteiger partial charge in [0.1, 0.15) is 17.8 Å². The van der Waals surface area contributed by atoms with Gasteiger partial charge in [0.05, 0.1) is 12.1 Å². The van der Waals surface area contributed by atoms with E-state index in [9.17, 15) is 14.3 Å². The van der Waals surface area contributed by atoms with Gasteiger partial charge in [-0.25, -0.2) is 9.38 Å². The molecule has 0 saturated carbocycles. The molecule has 172 valence electrons. The molecule has 33 heavy (non-hydrogen) atoms. The number of nitrogens with zero attached hydrogens (tertiary/aromatic N) is 2. The Morgan fingerprint density at radius 3 is 3.06 bits per heavy atom. The quantitative estimate of drug-likeness (QED) is 0.469. The van der Waals surface area contributed by atoms with E-state index in [2.05, 4.69) is 26.3 Å². The van der Waals surface area contributed by atoms with E-state index in [0.717, 1.165) is 24.0 Å². The van der Waals surface area contributed by atoms with E-state index in [1.807, 2.05) is 24.6 Å². The smallest absolute Gasteiger partial charge is 0.257 e. The van der Waals surface area contributed by atoms with Crippen molar-refractivity contribution in [3.05, 3.63) is 77.2 Å². The highest BCUT2D eigenvalue weighted by Gasteiger charge is 2.29. The zero-order valence-electron chi connectivity index (χ0n) is 18.1. The van der Waals surface area contributed by atoms with Crippen LogP contribution < -0.4 is 21.3 Å². The van der Waals surface area contributed by atoms with Crippen LogP contribution >= 0.6 is 0 Å². The van der Waals surface area contributed by atoms with Gasteiger partial charge in [0, 0.05) is 37.0 Å². The third-order valence-electron chi connectivity index (χ3n) is 6.30. The van der Waals surface area contributed by atoms with Crippen LogP contribution in [-0.2, 0) is 0 Å². The Morgan fingerprint density at radius 2 is 2.18 bits per heavy atom. The Morgan fingerprint density at radius 1 is 1.30 bits per heavy atom. The molecule has 0 spiro atoms. The van der Waals surface area contributed by atoms with Gasteiger partial charge in [-0.15, -0.1) is 0 Å². The standard InChI is InChI=1S/C24H27FN6O2/c25-19-13-29-22(18-12-28-21-16(18)7-3-9-26-21)30-23(19)27-11-15-5-4-10-31(14-15)24(33)17-6-1-2-8-20(17)32/h1-3,6-9,12,15,21,26-28,32H,4-5,10-11,13-14H2,(H,29,30)/t15-,21?/m1/s1. The summed E-state index contributed by atoms with van der Waals surface area (Å²) in [6, 6.07) is 6.59. The Hall–Kier alpha value is -3.75. The van der Waals surface area contributed by atoms with Crippen molar-refractivity contribution >= 4 is 11.7 Å². The summed E-state index contributed by atoms with van der Waals surface area (Å²) in [6.45, 7) is 1.78. The van der Waals surface area contributed by atoms with Crippen LogP contribution in [0.2, 0.25) is 0 Å². The number of nitrogens with one attached hydrogen (secondary N) is 4. The van der Waals surface area contributed by atoms with Crippen molar-refractivity contribution in [1.29, 1.82) is 0 Å². The van der Waals surface area contributed by atoms with Crippen molar-refractivity contribution in [2.75, 3.05) is 26.2 Å². The molecule has 1 aromatic carbocycles. The van der Waals surface area contributed by atoms with E-state index in [-0.39, 0.29) is 41.9 Å². The van der Waals surface area contributed by atoms with Gasteiger partial charge >= 0.3 is 0 Å². The summed E-state index contributed by atoms with van der Waals surface area (Å²) in [7, 11) is 0. The molecular weight excluding hydrogens is 423 g/mol. The molecule has 0 aromatic heterocycles. The van der Waals surface area contributed by atoms with Gasteiger partial charge in [-0.05, 0) is 43.2 Å². The lowest BCUT2D eigenvalue weighted by atomic mass is 9.97. The Labute approximate surface area is 191 Å². The molecule has 0 radical (unpaired) electrons. The summed E-state index contributed by atoms with van der Waals surface area (Å²) in [5, 5.41) is 22.7. The number of phenolic OH excluding ortho intramolecular Hbond substituents is 1. The number of dihydropyridines is 1. The molecule has 4 aliphatic heterocycles. The fourth-order valence-corrected chi connectivity index (χ4v) is 4.56. The van der Waals surface area contributed by atoms with E-state index in [1.165, 1.54) is 6.07 Å². The SMILES string of the molecule is O=C(c1ccccc1O)N1CCC[C@H](CNC2=C(F)CNC(C3=CNC4NC=CC=C34)=N2)C1. The topological polar surface area (TPSA) is 101 Å². The lowest BCUT2D eigenvalue weighted by Gasteiger charge is -2.33. The number of piperidine rings is 1. The summed E-state index contributed by atoms with van der Waals surface area (Å²) in [4.78, 5) is 19.1. The molecule has 0 bridgehead atoms. The number of hydrogen-bond donors (Lipinski definition) is 5. The highest BCUT2D eigenvalue weighted by molar-refractivity contribution is 6.04. The van der Waals surface area contributed by atoms with Crippen LogP contribution in [0.1, 0.15) is 23.2 Å². The molecule has 5 rings (SSSR count). The first kappa shape index (κ1) is 21.1. The van der Waals surface area contributed by atoms with Gasteiger partial charge < -0.3 is 31.3 Å². The van der Waals surface area contributed by atoms with Gasteiger partial charge in [-0.2, -0.15) is 0 Å². The number of carbonyl (C=O) groups is 1. The average Bonchev–Trinajstić information content (AvgIpc) is 3.28. The monoisotopic (exact) mass is 450 g/mol. The first-order chi connectivity index (χ1) is 16.1. The fraction of sp³-hybridized carbons (Fsp3) is 0.333. The van der Waals surface area contributed by atoms with Crippen LogP contribution in [0.3, 0.4) is 0 Å². The Balaban J connectivity index is 1.23. The Kier molecular flexibility index (Phi) is 5.77. The minimum Gasteiger partial charge on any atom is -0.507 e. The van der Waals surface area contributed by atoms with Crippen molar-refractivity contribution < 1.29 is 14.3 Å². The first-order valence-electron chi connectivity index (χ1n) is 11.2. The maximum atomic E-state index is 14.5. The van der Waals surface area contributed by atoms with E-state index in [1.54, 1.807) is 23.1 Å². The molecule has 9 heteroatoms. The number of rotatable bonds is 5. The van der Waals surface area contributed by atoms with Crippen LogP contribution in [0.4, 0.5) is 4.39 Å². The second-order valence-electron chi connectivity index (χ2n) is 8.53. The number of halogens is 1. The molecule has 1 fully saturated rings. The first-order valence-corrected chi connectivity index (χ1v) is 11.2. The number of para-hydroxylation sites is 1. The maximum absolute atomic E-state index is 14.5. The summed E-state index contributed by atoms with van der Waals surface area (Å²) in [6.07, 6.45) is 9.48. The van der Waals surface area contributed by atoms with Gasteiger partial charge in [-0.3, -0.25) is 4.79 Å². The summed E-state index contributed by atoms with van der Waals surface area (Å²) < 4.78 is 14.5. The summed E-state index contributed by atoms with van der Waals surface area (Å²) in [5.74, 6) is 0.492. The zero-order valence-corrected chi connectivity index (χ0v) is 18.1. The van der Waals surface area contributed by atoms with Crippen LogP contribution in [0.5, 0.6) is 5.75 Å². The molecule has 5 N–H and O–H groups in total. The highest BCUT2D eigenvalue weighted by Crippen LogP contribution is 2.25. The minimum absolute atomic E-state index is 0.00327. The number of carbonyl (C=O) groups excluding carboxylic acids is 1. The number of amides is 1. The zero-order chi connectivity index (χ0) is 22.8. The second-order valence-corrected chi connectivity index (χ2v) is 8.53. The average molecular weight is 451 g/mol. The van der Waals surface area contributed by atoms with Crippen molar-refractivity contribution in [3.8, 4) is 5.75 Å². The van der Waals surface area contributed by atoms with E-state index in [4.69, 9.17) is 0 Å². The molecular formula is C24H27FN6O2. The fourth-order valence-electron chi connectivity index (χ4n) is 4.56. The van der Waals surface area contributed by atoms with Gasteiger partial charge in [-0.1, -0.05) is 18.2 Å². The van der Waals surface area contributed by atoms with Crippen LogP contribution in [0.15, 0.2) is 76.6 Å². The third kappa shape index (κ3) is 4.30. The highest BCUT2D eigenvalue weighted by atomic mass is 19.1. The molecule has 4 heterocycles. The van der Waals surface area contributed by atoms with Crippen LogP contribution in [0, 0.1) is 5.92 Å². The van der Waals surface area contributed by atoms with Crippen molar-refractivity contribution in [2.45, 2.75) is 19.0 Å². The number of benzene rings is 1. The van der Waals surface area contributed by atoms with Crippen molar-refractivity contribution in [1.82, 2.24) is 26.2 Å². The number of aromatic hydroxyl groups is 1. The molecule has 1 saturated heterocycles. The summed E-state index contributed by atoms with van der Waals surface area (Å²) >= 11 is 0. The van der Waals surface area contributed by atoms with Crippen LogP contribution in [-0.4, -0.2) is 54.1 Å². The Bertz CT molecular complexity index is 1110. The van der Waals surface area contributed by atoms with E-state index >= 15 is 0 Å². The molecule has 1 aromatic rings. The molecule has 4 aliphatic rings. The largest absolute Gasteiger partial charge is 0.507 e. The molecule has 0 aliphatic carbocycles. The molecule has 1 unspecified atom stereocenters. The van der Waals surface area contributed by atoms with E-state index in [0.29, 0.717) is 31.0 Å². The third-order valence-corrected chi connectivity index (χ3v) is 6.30. The van der Waals surface area contributed by atoms with Gasteiger partial charge in [0.2, 0.25) is 0 Å². The van der Waals surface area contributed by atoms with Gasteiger partial charge in [0.25, 0.3) is 5.91 Å². The number of fused-ring (bicyclic) bond motifs is 1. The maximum Gasteiger partial charge on any atom is 0.257 e. The van der Waals surface area contributed by atoms with Crippen molar-refractivity contribution in [2.24, 2.45) is 10.9 Å². The number of aliphatic imine (C=N–C) groups is 1. The minimum atomic E-state index is -0.338. The predicted molar refractivity (Wildman–Crippen MR) is 124 cm³/mol. The second kappa shape index (κ2) is 9.01.